The predicted molar refractivity (Wildman–Crippen MR) is 92.8 cm³/mol. The molecule has 5 nitrogen and oxygen atoms in total. The summed E-state index contributed by atoms with van der Waals surface area (Å²) in [6.45, 7) is 4.18. The maximum Gasteiger partial charge on any atom is 0.262 e. The van der Waals surface area contributed by atoms with Crippen LogP contribution >= 0.6 is 11.8 Å². The number of thioether (sulfide) groups is 1. The molecule has 3 rings (SSSR count). The maximum atomic E-state index is 12.5. The first-order valence-electron chi connectivity index (χ1n) is 8.11. The quantitative estimate of drug-likeness (QED) is 0.638. The van der Waals surface area contributed by atoms with Crippen LogP contribution in [0.4, 0.5) is 0 Å². The van der Waals surface area contributed by atoms with E-state index in [1.165, 1.54) is 18.2 Å². The van der Waals surface area contributed by atoms with Gasteiger partial charge in [0.05, 0.1) is 16.7 Å². The van der Waals surface area contributed by atoms with E-state index < -0.39 is 0 Å². The topological polar surface area (TPSA) is 55.2 Å². The Kier molecular flexibility index (Phi) is 5.00. The molecule has 1 amide bonds. The van der Waals surface area contributed by atoms with Crippen molar-refractivity contribution in [2.75, 3.05) is 18.8 Å². The SMILES string of the molecule is CCn1c(SCC(=O)N2CCCCC2)nc2ccccc2c1=O. The van der Waals surface area contributed by atoms with E-state index in [9.17, 15) is 9.59 Å². The van der Waals surface area contributed by atoms with E-state index in [0.29, 0.717) is 28.4 Å². The highest BCUT2D eigenvalue weighted by Gasteiger charge is 2.18. The fraction of sp³-hybridized carbons (Fsp3) is 0.471. The highest BCUT2D eigenvalue weighted by molar-refractivity contribution is 7.99. The van der Waals surface area contributed by atoms with E-state index in [-0.39, 0.29) is 11.5 Å². The zero-order chi connectivity index (χ0) is 16.2. The molecule has 1 fully saturated rings. The van der Waals surface area contributed by atoms with Crippen molar-refractivity contribution in [3.8, 4) is 0 Å². The summed E-state index contributed by atoms with van der Waals surface area (Å²) in [4.78, 5) is 31.4. The van der Waals surface area contributed by atoms with Crippen LogP contribution in [-0.2, 0) is 11.3 Å². The molecule has 1 saturated heterocycles. The van der Waals surface area contributed by atoms with Gasteiger partial charge in [0.2, 0.25) is 5.91 Å². The maximum absolute atomic E-state index is 12.5. The fourth-order valence-corrected chi connectivity index (χ4v) is 3.86. The molecular formula is C17H21N3O2S. The first-order valence-corrected chi connectivity index (χ1v) is 9.09. The molecule has 0 unspecified atom stereocenters. The molecule has 1 aromatic heterocycles. The molecule has 1 aliphatic heterocycles. The Labute approximate surface area is 139 Å². The largest absolute Gasteiger partial charge is 0.342 e. The van der Waals surface area contributed by atoms with Crippen LogP contribution in [-0.4, -0.2) is 39.2 Å². The minimum Gasteiger partial charge on any atom is -0.342 e. The molecule has 2 heterocycles. The third-order valence-electron chi connectivity index (χ3n) is 4.18. The number of para-hydroxylation sites is 1. The number of nitrogens with zero attached hydrogens (tertiary/aromatic N) is 3. The van der Waals surface area contributed by atoms with Crippen LogP contribution < -0.4 is 5.56 Å². The molecule has 0 spiro atoms. The van der Waals surface area contributed by atoms with Crippen molar-refractivity contribution >= 4 is 28.6 Å². The smallest absolute Gasteiger partial charge is 0.262 e. The van der Waals surface area contributed by atoms with Gasteiger partial charge in [-0.05, 0) is 38.3 Å². The summed E-state index contributed by atoms with van der Waals surface area (Å²) in [5, 5.41) is 1.25. The lowest BCUT2D eigenvalue weighted by Gasteiger charge is -2.26. The summed E-state index contributed by atoms with van der Waals surface area (Å²) in [6.07, 6.45) is 3.38. The second kappa shape index (κ2) is 7.17. The lowest BCUT2D eigenvalue weighted by Crippen LogP contribution is -2.37. The molecule has 0 N–H and O–H groups in total. The van der Waals surface area contributed by atoms with Crippen molar-refractivity contribution in [2.45, 2.75) is 37.9 Å². The Hall–Kier alpha value is -1.82. The second-order valence-corrected chi connectivity index (χ2v) is 6.63. The number of fused-ring (bicyclic) bond motifs is 1. The number of piperidine rings is 1. The molecule has 2 aromatic rings. The molecule has 0 aliphatic carbocycles. The van der Waals surface area contributed by atoms with Crippen LogP contribution in [0.15, 0.2) is 34.2 Å². The highest BCUT2D eigenvalue weighted by Crippen LogP contribution is 2.19. The van der Waals surface area contributed by atoms with Gasteiger partial charge >= 0.3 is 0 Å². The van der Waals surface area contributed by atoms with Crippen molar-refractivity contribution in [1.29, 1.82) is 0 Å². The van der Waals surface area contributed by atoms with Crippen molar-refractivity contribution in [3.05, 3.63) is 34.6 Å². The predicted octanol–water partition coefficient (Wildman–Crippen LogP) is 2.52. The molecule has 0 bridgehead atoms. The standard InChI is InChI=1S/C17H21N3O2S/c1-2-20-16(22)13-8-4-5-9-14(13)18-17(20)23-12-15(21)19-10-6-3-7-11-19/h4-5,8-9H,2-3,6-7,10-12H2,1H3. The minimum absolute atomic E-state index is 0.0361. The molecule has 1 aromatic carbocycles. The number of hydrogen-bond acceptors (Lipinski definition) is 4. The third kappa shape index (κ3) is 3.42. The number of benzene rings is 1. The van der Waals surface area contributed by atoms with Gasteiger partial charge in [-0.25, -0.2) is 4.98 Å². The molecule has 122 valence electrons. The number of amides is 1. The Morgan fingerprint density at radius 2 is 1.96 bits per heavy atom. The van der Waals surface area contributed by atoms with E-state index in [1.807, 2.05) is 30.0 Å². The summed E-state index contributed by atoms with van der Waals surface area (Å²) in [5.74, 6) is 0.477. The lowest BCUT2D eigenvalue weighted by molar-refractivity contribution is -0.129. The van der Waals surface area contributed by atoms with Crippen molar-refractivity contribution in [2.24, 2.45) is 0 Å². The van der Waals surface area contributed by atoms with E-state index in [0.717, 1.165) is 25.9 Å². The molecule has 23 heavy (non-hydrogen) atoms. The van der Waals surface area contributed by atoms with Crippen LogP contribution in [0.5, 0.6) is 0 Å². The summed E-state index contributed by atoms with van der Waals surface area (Å²) in [5.41, 5.74) is 0.654. The second-order valence-electron chi connectivity index (χ2n) is 5.69. The van der Waals surface area contributed by atoms with Crippen molar-refractivity contribution in [1.82, 2.24) is 14.5 Å². The van der Waals surface area contributed by atoms with Gasteiger partial charge in [-0.2, -0.15) is 0 Å². The summed E-state index contributed by atoms with van der Waals surface area (Å²) < 4.78 is 1.65. The van der Waals surface area contributed by atoms with E-state index in [2.05, 4.69) is 4.98 Å². The molecular weight excluding hydrogens is 310 g/mol. The summed E-state index contributed by atoms with van der Waals surface area (Å²) in [7, 11) is 0. The summed E-state index contributed by atoms with van der Waals surface area (Å²) in [6, 6.07) is 7.36. The average Bonchev–Trinajstić information content (AvgIpc) is 2.60. The molecule has 0 radical (unpaired) electrons. The van der Waals surface area contributed by atoms with Gasteiger partial charge in [0.1, 0.15) is 0 Å². The fourth-order valence-electron chi connectivity index (χ4n) is 2.90. The molecule has 6 heteroatoms. The van der Waals surface area contributed by atoms with Crippen LogP contribution in [0, 0.1) is 0 Å². The van der Waals surface area contributed by atoms with Gasteiger partial charge in [0.25, 0.3) is 5.56 Å². The van der Waals surface area contributed by atoms with Crippen LogP contribution in [0.3, 0.4) is 0 Å². The van der Waals surface area contributed by atoms with Crippen molar-refractivity contribution in [3.63, 3.8) is 0 Å². The van der Waals surface area contributed by atoms with Gasteiger partial charge in [-0.15, -0.1) is 0 Å². The van der Waals surface area contributed by atoms with Crippen LogP contribution in [0.1, 0.15) is 26.2 Å². The minimum atomic E-state index is -0.0361. The number of hydrogen-bond donors (Lipinski definition) is 0. The zero-order valence-corrected chi connectivity index (χ0v) is 14.1. The molecule has 0 saturated carbocycles. The van der Waals surface area contributed by atoms with Gasteiger partial charge in [-0.1, -0.05) is 23.9 Å². The Balaban J connectivity index is 1.81. The van der Waals surface area contributed by atoms with Crippen LogP contribution in [0.2, 0.25) is 0 Å². The van der Waals surface area contributed by atoms with Crippen molar-refractivity contribution < 1.29 is 4.79 Å². The van der Waals surface area contributed by atoms with Gasteiger partial charge < -0.3 is 4.90 Å². The number of carbonyl (C=O) groups excluding carboxylic acids is 1. The van der Waals surface area contributed by atoms with Gasteiger partial charge in [0.15, 0.2) is 5.16 Å². The first-order chi connectivity index (χ1) is 11.2. The van der Waals surface area contributed by atoms with Crippen LogP contribution in [0.25, 0.3) is 10.9 Å². The van der Waals surface area contributed by atoms with Gasteiger partial charge in [0, 0.05) is 19.6 Å². The average molecular weight is 331 g/mol. The number of rotatable bonds is 4. The third-order valence-corrected chi connectivity index (χ3v) is 5.14. The summed E-state index contributed by atoms with van der Waals surface area (Å²) >= 11 is 1.36. The molecule has 0 atom stereocenters. The Morgan fingerprint density at radius 3 is 2.70 bits per heavy atom. The Bertz CT molecular complexity index is 766. The van der Waals surface area contributed by atoms with E-state index >= 15 is 0 Å². The highest BCUT2D eigenvalue weighted by atomic mass is 32.2. The number of likely N-dealkylation sites (tertiary alicyclic amines) is 1. The zero-order valence-electron chi connectivity index (χ0n) is 13.3. The number of aromatic nitrogens is 2. The number of carbonyl (C=O) groups is 1. The van der Waals surface area contributed by atoms with E-state index in [1.54, 1.807) is 10.6 Å². The van der Waals surface area contributed by atoms with E-state index in [4.69, 9.17) is 0 Å². The monoisotopic (exact) mass is 331 g/mol. The molecule has 1 aliphatic rings. The normalized spacial score (nSPS) is 15.1. The first kappa shape index (κ1) is 16.1. The lowest BCUT2D eigenvalue weighted by atomic mass is 10.1. The Morgan fingerprint density at radius 1 is 1.22 bits per heavy atom. The van der Waals surface area contributed by atoms with Gasteiger partial charge in [-0.3, -0.25) is 14.2 Å².